The Morgan fingerprint density at radius 2 is 1.98 bits per heavy atom. The van der Waals surface area contributed by atoms with E-state index in [2.05, 4.69) is 81.8 Å². The third kappa shape index (κ3) is 8.47. The molecule has 0 radical (unpaired) electrons. The zero-order valence-electron chi connectivity index (χ0n) is 35.1. The second-order valence-corrected chi connectivity index (χ2v) is 18.4. The molecular weight excluding hydrogens is 771 g/mol. The van der Waals surface area contributed by atoms with E-state index in [0.29, 0.717) is 43.9 Å². The van der Waals surface area contributed by atoms with Crippen LogP contribution in [-0.4, -0.2) is 120 Å². The fourth-order valence-corrected chi connectivity index (χ4v) is 9.54. The smallest absolute Gasteiger partial charge is 0.324 e. The normalized spacial score (nSPS) is 24.5. The topological polar surface area (TPSA) is 158 Å². The van der Waals surface area contributed by atoms with Crippen LogP contribution in [0.1, 0.15) is 63.8 Å². The van der Waals surface area contributed by atoms with Gasteiger partial charge in [0.05, 0.1) is 53.0 Å². The number of rotatable bonds is 8. The molecule has 1 aliphatic carbocycles. The Labute approximate surface area is 349 Å². The van der Waals surface area contributed by atoms with Gasteiger partial charge in [0.25, 0.3) is 11.7 Å². The molecule has 4 aliphatic rings. The summed E-state index contributed by atoms with van der Waals surface area (Å²) in [6.45, 7) is 13.8. The molecule has 8 rings (SSSR count). The van der Waals surface area contributed by atoms with Gasteiger partial charge in [0.1, 0.15) is 18.7 Å². The highest BCUT2D eigenvalue weighted by atomic mass is 32.1. The van der Waals surface area contributed by atoms with E-state index in [4.69, 9.17) is 19.4 Å². The average molecular weight is 829 g/mol. The zero-order valence-corrected chi connectivity index (χ0v) is 35.9. The van der Waals surface area contributed by atoms with Crippen LogP contribution in [0.5, 0.6) is 0 Å². The first kappa shape index (κ1) is 41.3. The van der Waals surface area contributed by atoms with Gasteiger partial charge in [-0.25, -0.2) is 19.5 Å². The monoisotopic (exact) mass is 828 g/mol. The van der Waals surface area contributed by atoms with E-state index in [-0.39, 0.29) is 49.4 Å². The number of esters is 1. The number of aromatic nitrogens is 4. The van der Waals surface area contributed by atoms with Gasteiger partial charge < -0.3 is 29.7 Å². The standard InChI is InChI=1S/C43H57N9O6S/c1-7-50-35-11-10-27-18-36(35)51(40(50)31-19-29(21-44-38(31)26(2)57-6)49-15-13-48(5)14-16-49)24-43(3,4)25-58-42(56)32-9-8-12-52(47-32)41(55)33(20-37-45-34(27)23-59-37)46-39(54)30-17-28(30)22-53/h10-11,18-19,21,23,26,28,30,32-33,47,53H,7-9,12-17,20,22,24-25H2,1-6H3/p+1/t26-,28+,30-,32-,33-/m0/s1. The van der Waals surface area contributed by atoms with Crippen molar-refractivity contribution in [2.45, 2.75) is 84.7 Å². The number of ether oxygens (including phenoxy) is 2. The largest absolute Gasteiger partial charge is 0.464 e. The zero-order chi connectivity index (χ0) is 41.6. The van der Waals surface area contributed by atoms with E-state index in [9.17, 15) is 19.5 Å². The summed E-state index contributed by atoms with van der Waals surface area (Å²) in [4.78, 5) is 56.1. The van der Waals surface area contributed by atoms with E-state index in [1.54, 1.807) is 7.11 Å². The number of nitrogens with zero attached hydrogens (tertiary/aromatic N) is 7. The summed E-state index contributed by atoms with van der Waals surface area (Å²) in [7, 11) is 3.87. The number of aryl methyl sites for hydroxylation is 1. The second kappa shape index (κ2) is 16.9. The van der Waals surface area contributed by atoms with Crippen molar-refractivity contribution in [3.05, 3.63) is 46.5 Å². The summed E-state index contributed by atoms with van der Waals surface area (Å²) in [6.07, 6.45) is 3.58. The lowest BCUT2D eigenvalue weighted by atomic mass is 9.94. The van der Waals surface area contributed by atoms with Gasteiger partial charge in [0, 0.05) is 75.1 Å². The molecule has 5 atom stereocenters. The summed E-state index contributed by atoms with van der Waals surface area (Å²) in [5.74, 6) is -0.439. The number of likely N-dealkylation sites (N-methyl/N-ethyl adjacent to an activating group) is 1. The molecule has 6 heterocycles. The molecule has 1 aromatic carbocycles. The number of hydrogen-bond acceptors (Lipinski definition) is 12. The minimum atomic E-state index is -0.911. The number of cyclic esters (lactones) is 1. The molecule has 2 amide bonds. The van der Waals surface area contributed by atoms with Gasteiger partial charge in [-0.15, -0.1) is 11.3 Å². The number of fused-ring (bicyclic) bond motifs is 6. The molecule has 0 unspecified atom stereocenters. The van der Waals surface area contributed by atoms with Crippen LogP contribution < -0.4 is 20.2 Å². The Morgan fingerprint density at radius 1 is 1.19 bits per heavy atom. The van der Waals surface area contributed by atoms with Gasteiger partial charge in [-0.2, -0.15) is 0 Å². The number of methoxy groups -OCH3 is 1. The number of thiazole rings is 1. The Kier molecular flexibility index (Phi) is 11.8. The number of hydrogen-bond donors (Lipinski definition) is 3. The SMILES string of the molecule is CC[n+]1c(-c2cc(N3CCN(C)CC3)cnc2[C@H](C)OC)n2c3cc(ccc31)-c1csc(n1)C[C@H](NC(=O)[C@H]1C[C@@H]1CO)C(=O)N1CCC[C@H](N1)C(=O)OCC(C)(C)C2. The number of imidazole rings is 1. The summed E-state index contributed by atoms with van der Waals surface area (Å²) in [5, 5.41) is 16.8. The lowest BCUT2D eigenvalue weighted by Gasteiger charge is -2.35. The van der Waals surface area contributed by atoms with Crippen LogP contribution in [-0.2, 0) is 43.4 Å². The first-order valence-electron chi connectivity index (χ1n) is 21.0. The number of aliphatic hydroxyl groups excluding tert-OH is 1. The molecule has 59 heavy (non-hydrogen) atoms. The van der Waals surface area contributed by atoms with E-state index in [0.717, 1.165) is 71.2 Å². The maximum atomic E-state index is 14.1. The molecule has 16 heteroatoms. The van der Waals surface area contributed by atoms with Crippen molar-refractivity contribution in [1.29, 1.82) is 0 Å². The molecular formula is C43H58N9O6S+. The quantitative estimate of drug-likeness (QED) is 0.177. The van der Waals surface area contributed by atoms with Gasteiger partial charge in [-0.1, -0.05) is 13.8 Å². The average Bonchev–Trinajstić information content (AvgIpc) is 3.80. The van der Waals surface area contributed by atoms with Crippen LogP contribution in [0.3, 0.4) is 0 Å². The predicted octanol–water partition coefficient (Wildman–Crippen LogP) is 3.33. The lowest BCUT2D eigenvalue weighted by molar-refractivity contribution is -0.657. The number of hydrazine groups is 1. The van der Waals surface area contributed by atoms with Gasteiger partial charge in [-0.05, 0) is 70.3 Å². The fourth-order valence-electron chi connectivity index (χ4n) is 8.69. The molecule has 3 N–H and O–H groups in total. The lowest BCUT2D eigenvalue weighted by Crippen LogP contribution is -2.60. The second-order valence-electron chi connectivity index (χ2n) is 17.4. The van der Waals surface area contributed by atoms with E-state index >= 15 is 0 Å². The van der Waals surface area contributed by atoms with Gasteiger partial charge in [0.15, 0.2) is 11.0 Å². The molecule has 15 nitrogen and oxygen atoms in total. The molecule has 4 aromatic rings. The van der Waals surface area contributed by atoms with Crippen molar-refractivity contribution < 1.29 is 33.5 Å². The molecule has 6 bridgehead atoms. The first-order valence-corrected chi connectivity index (χ1v) is 21.9. The maximum absolute atomic E-state index is 14.1. The van der Waals surface area contributed by atoms with Crippen LogP contribution >= 0.6 is 11.3 Å². The predicted molar refractivity (Wildman–Crippen MR) is 224 cm³/mol. The minimum absolute atomic E-state index is 0.0678. The third-order valence-corrected chi connectivity index (χ3v) is 13.3. The number of anilines is 1. The van der Waals surface area contributed by atoms with E-state index in [1.165, 1.54) is 16.3 Å². The molecule has 316 valence electrons. The Morgan fingerprint density at radius 3 is 2.71 bits per heavy atom. The van der Waals surface area contributed by atoms with Gasteiger partial charge >= 0.3 is 5.97 Å². The first-order chi connectivity index (χ1) is 28.4. The van der Waals surface area contributed by atoms with Crippen molar-refractivity contribution in [2.75, 3.05) is 65.0 Å². The van der Waals surface area contributed by atoms with Crippen molar-refractivity contribution in [2.24, 2.45) is 17.3 Å². The highest BCUT2D eigenvalue weighted by molar-refractivity contribution is 7.10. The molecule has 3 aromatic heterocycles. The van der Waals surface area contributed by atoms with Crippen LogP contribution in [0.15, 0.2) is 35.8 Å². The van der Waals surface area contributed by atoms with E-state index in [1.807, 2.05) is 18.5 Å². The Hall–Kier alpha value is -4.48. The van der Waals surface area contributed by atoms with Crippen LogP contribution in [0.2, 0.25) is 0 Å². The molecule has 0 spiro atoms. The number of aliphatic hydroxyl groups is 1. The Balaban J connectivity index is 1.25. The number of amides is 2. The summed E-state index contributed by atoms with van der Waals surface area (Å²) >= 11 is 1.45. The van der Waals surface area contributed by atoms with Gasteiger partial charge in [0.2, 0.25) is 5.91 Å². The third-order valence-electron chi connectivity index (χ3n) is 12.4. The minimum Gasteiger partial charge on any atom is -0.464 e. The molecule has 3 aliphatic heterocycles. The maximum Gasteiger partial charge on any atom is 0.324 e. The molecule has 3 fully saturated rings. The fraction of sp³-hybridized carbons (Fsp3) is 0.581. The van der Waals surface area contributed by atoms with Crippen LogP contribution in [0, 0.1) is 17.3 Å². The summed E-state index contributed by atoms with van der Waals surface area (Å²) < 4.78 is 16.7. The number of carbonyl (C=O) groups is 3. The van der Waals surface area contributed by atoms with Crippen molar-refractivity contribution >= 4 is 45.8 Å². The van der Waals surface area contributed by atoms with Gasteiger partial charge in [-0.3, -0.25) is 24.4 Å². The number of benzene rings is 1. The highest BCUT2D eigenvalue weighted by Crippen LogP contribution is 2.39. The summed E-state index contributed by atoms with van der Waals surface area (Å²) in [6, 6.07) is 7.06. The molecule has 2 saturated heterocycles. The number of nitrogens with one attached hydrogen (secondary N) is 2. The number of carbonyl (C=O) groups excluding carboxylic acids is 3. The summed E-state index contributed by atoms with van der Waals surface area (Å²) in [5.41, 5.74) is 9.26. The number of pyridine rings is 1. The molecule has 1 saturated carbocycles. The van der Waals surface area contributed by atoms with Crippen LogP contribution in [0.4, 0.5) is 5.69 Å². The number of piperazine rings is 1. The van der Waals surface area contributed by atoms with Crippen molar-refractivity contribution in [1.82, 2.24) is 35.2 Å². The van der Waals surface area contributed by atoms with Crippen molar-refractivity contribution in [3.8, 4) is 22.6 Å². The van der Waals surface area contributed by atoms with Crippen molar-refractivity contribution in [3.63, 3.8) is 0 Å². The highest BCUT2D eigenvalue weighted by Gasteiger charge is 2.44. The Bertz CT molecular complexity index is 2210. The van der Waals surface area contributed by atoms with E-state index < -0.39 is 23.5 Å². The van der Waals surface area contributed by atoms with Crippen LogP contribution in [0.25, 0.3) is 33.7 Å².